The number of amides is 1. The third kappa shape index (κ3) is 4.38. The van der Waals surface area contributed by atoms with Crippen LogP contribution in [-0.2, 0) is 0 Å². The van der Waals surface area contributed by atoms with Crippen molar-refractivity contribution < 1.29 is 9.90 Å². The van der Waals surface area contributed by atoms with E-state index in [0.29, 0.717) is 10.6 Å². The van der Waals surface area contributed by atoms with Crippen LogP contribution in [0.1, 0.15) is 42.5 Å². The summed E-state index contributed by atoms with van der Waals surface area (Å²) in [6, 6.07) is 5.54. The molecule has 2 atom stereocenters. The first-order valence-electron chi connectivity index (χ1n) is 7.41. The Kier molecular flexibility index (Phi) is 6.40. The second-order valence-electron chi connectivity index (χ2n) is 5.51. The molecule has 5 heteroatoms. The first-order valence-corrected chi connectivity index (χ1v) is 9.01. The van der Waals surface area contributed by atoms with Gasteiger partial charge >= 0.3 is 0 Å². The second-order valence-corrected chi connectivity index (χ2v) is 6.79. The van der Waals surface area contributed by atoms with Crippen LogP contribution in [0.2, 0.25) is 5.02 Å². The maximum atomic E-state index is 12.5. The van der Waals surface area contributed by atoms with Gasteiger partial charge in [-0.2, -0.15) is 0 Å². The number of nitrogens with one attached hydrogen (secondary N) is 1. The van der Waals surface area contributed by atoms with Gasteiger partial charge in [-0.15, -0.1) is 11.8 Å². The fraction of sp³-hybridized carbons (Fsp3) is 0.562. The maximum Gasteiger partial charge on any atom is 0.253 e. The summed E-state index contributed by atoms with van der Waals surface area (Å²) in [5, 5.41) is 13.1. The molecule has 0 aliphatic heterocycles. The molecular weight excluding hydrogens is 306 g/mol. The van der Waals surface area contributed by atoms with E-state index in [1.165, 1.54) is 6.42 Å². The number of aliphatic hydroxyl groups is 1. The van der Waals surface area contributed by atoms with Crippen LogP contribution in [0.4, 0.5) is 0 Å². The van der Waals surface area contributed by atoms with Crippen molar-refractivity contribution >= 4 is 29.3 Å². The number of hydrogen-bond acceptors (Lipinski definition) is 3. The van der Waals surface area contributed by atoms with Gasteiger partial charge in [0, 0.05) is 23.5 Å². The van der Waals surface area contributed by atoms with E-state index >= 15 is 0 Å². The Labute approximate surface area is 135 Å². The standard InChI is InChI=1S/C16H22ClNO2S/c1-21-12-7-8-14(17)13(9-12)16(20)18-15-6-4-2-3-5-11(15)10-19/h7-9,11,15,19H,2-6,10H2,1H3,(H,18,20). The molecule has 116 valence electrons. The molecule has 1 fully saturated rings. The van der Waals surface area contributed by atoms with Crippen molar-refractivity contribution in [3.05, 3.63) is 28.8 Å². The summed E-state index contributed by atoms with van der Waals surface area (Å²) in [5.74, 6) is 0.0141. The molecule has 3 nitrogen and oxygen atoms in total. The molecule has 0 saturated heterocycles. The van der Waals surface area contributed by atoms with Crippen molar-refractivity contribution in [2.75, 3.05) is 12.9 Å². The van der Waals surface area contributed by atoms with Gasteiger partial charge < -0.3 is 10.4 Å². The predicted octanol–water partition coefficient (Wildman–Crippen LogP) is 3.73. The summed E-state index contributed by atoms with van der Waals surface area (Å²) in [4.78, 5) is 13.5. The van der Waals surface area contributed by atoms with E-state index in [9.17, 15) is 9.90 Å². The van der Waals surface area contributed by atoms with Crippen LogP contribution in [0, 0.1) is 5.92 Å². The van der Waals surface area contributed by atoms with Crippen LogP contribution >= 0.6 is 23.4 Å². The molecule has 1 aromatic carbocycles. The molecular formula is C16H22ClNO2S. The molecule has 2 rings (SSSR count). The van der Waals surface area contributed by atoms with Crippen molar-refractivity contribution in [2.45, 2.75) is 43.0 Å². The minimum Gasteiger partial charge on any atom is -0.396 e. The highest BCUT2D eigenvalue weighted by molar-refractivity contribution is 7.98. The molecule has 1 amide bonds. The van der Waals surface area contributed by atoms with Gasteiger partial charge in [0.2, 0.25) is 0 Å². The Morgan fingerprint density at radius 1 is 1.38 bits per heavy atom. The smallest absolute Gasteiger partial charge is 0.253 e. The zero-order valence-electron chi connectivity index (χ0n) is 12.3. The Balaban J connectivity index is 2.12. The van der Waals surface area contributed by atoms with Crippen LogP contribution in [0.15, 0.2) is 23.1 Å². The first-order chi connectivity index (χ1) is 10.2. The normalized spacial score (nSPS) is 22.6. The molecule has 1 aliphatic rings. The molecule has 0 radical (unpaired) electrons. The average Bonchev–Trinajstić information content (AvgIpc) is 2.72. The Morgan fingerprint density at radius 2 is 2.14 bits per heavy atom. The summed E-state index contributed by atoms with van der Waals surface area (Å²) < 4.78 is 0. The van der Waals surface area contributed by atoms with E-state index in [1.54, 1.807) is 17.8 Å². The highest BCUT2D eigenvalue weighted by atomic mass is 35.5. The third-order valence-electron chi connectivity index (χ3n) is 4.13. The lowest BCUT2D eigenvalue weighted by Crippen LogP contribution is -2.41. The molecule has 1 aromatic rings. The quantitative estimate of drug-likeness (QED) is 0.654. The molecule has 2 unspecified atom stereocenters. The van der Waals surface area contributed by atoms with Gasteiger partial charge in [0.15, 0.2) is 0 Å². The molecule has 21 heavy (non-hydrogen) atoms. The predicted molar refractivity (Wildman–Crippen MR) is 88.1 cm³/mol. The Hall–Kier alpha value is -0.710. The number of hydrogen-bond donors (Lipinski definition) is 2. The minimum absolute atomic E-state index is 0.0407. The van der Waals surface area contributed by atoms with E-state index in [1.807, 2.05) is 18.4 Å². The van der Waals surface area contributed by atoms with Gasteiger partial charge in [0.05, 0.1) is 10.6 Å². The SMILES string of the molecule is CSc1ccc(Cl)c(C(=O)NC2CCCCCC2CO)c1. The average molecular weight is 328 g/mol. The summed E-state index contributed by atoms with van der Waals surface area (Å²) >= 11 is 7.73. The van der Waals surface area contributed by atoms with Crippen molar-refractivity contribution in [1.82, 2.24) is 5.32 Å². The summed E-state index contributed by atoms with van der Waals surface area (Å²) in [6.07, 6.45) is 7.26. The molecule has 0 heterocycles. The van der Waals surface area contributed by atoms with Gasteiger partial charge in [0.1, 0.15) is 0 Å². The van der Waals surface area contributed by atoms with Crippen molar-refractivity contribution in [1.29, 1.82) is 0 Å². The van der Waals surface area contributed by atoms with E-state index in [4.69, 9.17) is 11.6 Å². The van der Waals surface area contributed by atoms with Gasteiger partial charge in [-0.3, -0.25) is 4.79 Å². The lowest BCUT2D eigenvalue weighted by atomic mass is 9.95. The van der Waals surface area contributed by atoms with E-state index in [0.717, 1.165) is 30.6 Å². The van der Waals surface area contributed by atoms with Crippen LogP contribution < -0.4 is 5.32 Å². The van der Waals surface area contributed by atoms with Gasteiger partial charge in [0.25, 0.3) is 5.91 Å². The summed E-state index contributed by atoms with van der Waals surface area (Å²) in [7, 11) is 0. The lowest BCUT2D eigenvalue weighted by Gasteiger charge is -2.24. The zero-order chi connectivity index (χ0) is 15.2. The Morgan fingerprint density at radius 3 is 2.86 bits per heavy atom. The third-order valence-corrected chi connectivity index (χ3v) is 5.18. The van der Waals surface area contributed by atoms with Crippen molar-refractivity contribution in [2.24, 2.45) is 5.92 Å². The van der Waals surface area contributed by atoms with Crippen LogP contribution in [0.5, 0.6) is 0 Å². The number of carbonyl (C=O) groups is 1. The highest BCUT2D eigenvalue weighted by Gasteiger charge is 2.25. The van der Waals surface area contributed by atoms with Gasteiger partial charge in [-0.05, 0) is 37.3 Å². The zero-order valence-corrected chi connectivity index (χ0v) is 13.8. The lowest BCUT2D eigenvalue weighted by molar-refractivity contribution is 0.0899. The van der Waals surface area contributed by atoms with Crippen LogP contribution in [0.3, 0.4) is 0 Å². The molecule has 1 saturated carbocycles. The number of aliphatic hydroxyl groups excluding tert-OH is 1. The number of rotatable bonds is 4. The first kappa shape index (κ1) is 16.7. The van der Waals surface area contributed by atoms with E-state index in [2.05, 4.69) is 5.32 Å². The largest absolute Gasteiger partial charge is 0.396 e. The fourth-order valence-electron chi connectivity index (χ4n) is 2.84. The fourth-order valence-corrected chi connectivity index (χ4v) is 3.49. The molecule has 0 aromatic heterocycles. The van der Waals surface area contributed by atoms with Crippen LogP contribution in [-0.4, -0.2) is 29.9 Å². The molecule has 1 aliphatic carbocycles. The second kappa shape index (κ2) is 8.06. The highest BCUT2D eigenvalue weighted by Crippen LogP contribution is 2.26. The van der Waals surface area contributed by atoms with E-state index in [-0.39, 0.29) is 24.5 Å². The number of halogens is 1. The maximum absolute atomic E-state index is 12.5. The summed E-state index contributed by atoms with van der Waals surface area (Å²) in [5.41, 5.74) is 0.518. The van der Waals surface area contributed by atoms with Gasteiger partial charge in [-0.1, -0.05) is 30.9 Å². The number of carbonyl (C=O) groups excluding carboxylic acids is 1. The number of benzene rings is 1. The summed E-state index contributed by atoms with van der Waals surface area (Å²) in [6.45, 7) is 0.129. The molecule has 2 N–H and O–H groups in total. The van der Waals surface area contributed by atoms with E-state index < -0.39 is 0 Å². The monoisotopic (exact) mass is 327 g/mol. The Bertz CT molecular complexity index is 495. The van der Waals surface area contributed by atoms with Crippen molar-refractivity contribution in [3.8, 4) is 0 Å². The number of thioether (sulfide) groups is 1. The van der Waals surface area contributed by atoms with Gasteiger partial charge in [-0.25, -0.2) is 0 Å². The minimum atomic E-state index is -0.138. The molecule has 0 bridgehead atoms. The topological polar surface area (TPSA) is 49.3 Å². The molecule has 0 spiro atoms. The van der Waals surface area contributed by atoms with Crippen molar-refractivity contribution in [3.63, 3.8) is 0 Å². The van der Waals surface area contributed by atoms with Crippen LogP contribution in [0.25, 0.3) is 0 Å².